The smallest absolute Gasteiger partial charge is 0.244 e. The predicted molar refractivity (Wildman–Crippen MR) is 106 cm³/mol. The van der Waals surface area contributed by atoms with Crippen LogP contribution in [-0.2, 0) is 14.8 Å². The van der Waals surface area contributed by atoms with Crippen LogP contribution >= 0.6 is 0 Å². The second-order valence-corrected chi connectivity index (χ2v) is 8.31. The summed E-state index contributed by atoms with van der Waals surface area (Å²) in [6.07, 6.45) is 3.13. The average molecular weight is 388 g/mol. The van der Waals surface area contributed by atoms with Gasteiger partial charge in [-0.3, -0.25) is 4.79 Å². The third kappa shape index (κ3) is 5.18. The maximum absolute atomic E-state index is 12.2. The Balaban J connectivity index is 2.05. The molecule has 0 aliphatic heterocycles. The Morgan fingerprint density at radius 1 is 1.11 bits per heavy atom. The van der Waals surface area contributed by atoms with Crippen LogP contribution in [0.15, 0.2) is 59.5 Å². The Hall–Kier alpha value is -2.64. The molecule has 1 amide bonds. The summed E-state index contributed by atoms with van der Waals surface area (Å²) in [6.45, 7) is 1.84. The lowest BCUT2D eigenvalue weighted by atomic mass is 10.1. The number of para-hydroxylation sites is 1. The molecule has 0 heterocycles. The zero-order valence-corrected chi connectivity index (χ0v) is 16.7. The molecule has 0 bridgehead atoms. The van der Waals surface area contributed by atoms with Crippen LogP contribution in [0.5, 0.6) is 5.75 Å². The Morgan fingerprint density at radius 3 is 2.33 bits per heavy atom. The summed E-state index contributed by atoms with van der Waals surface area (Å²) >= 11 is 0. The predicted octanol–water partition coefficient (Wildman–Crippen LogP) is 2.84. The Kier molecular flexibility index (Phi) is 6.76. The standard InChI is InChI=1S/C20H24N2O4S/c1-15(16-9-12-18(13-10-16)27(24,25)22(2)3)21-20(23)14-11-17-7-5-6-8-19(17)26-4/h5-15H,1-4H3,(H,21,23)/b14-11+. The number of hydrogen-bond donors (Lipinski definition) is 1. The van der Waals surface area contributed by atoms with Gasteiger partial charge in [-0.1, -0.05) is 30.3 Å². The first-order valence-electron chi connectivity index (χ1n) is 8.40. The summed E-state index contributed by atoms with van der Waals surface area (Å²) in [5.41, 5.74) is 1.62. The molecular weight excluding hydrogens is 364 g/mol. The highest BCUT2D eigenvalue weighted by atomic mass is 32.2. The van der Waals surface area contributed by atoms with E-state index >= 15 is 0 Å². The van der Waals surface area contributed by atoms with Gasteiger partial charge >= 0.3 is 0 Å². The van der Waals surface area contributed by atoms with Crippen LogP contribution in [0.3, 0.4) is 0 Å². The van der Waals surface area contributed by atoms with Gasteiger partial charge in [0.25, 0.3) is 0 Å². The minimum atomic E-state index is -3.47. The number of benzene rings is 2. The van der Waals surface area contributed by atoms with E-state index < -0.39 is 10.0 Å². The molecule has 2 aromatic rings. The molecule has 144 valence electrons. The third-order valence-electron chi connectivity index (χ3n) is 4.07. The topological polar surface area (TPSA) is 75.7 Å². The number of sulfonamides is 1. The van der Waals surface area contributed by atoms with E-state index in [4.69, 9.17) is 4.74 Å². The van der Waals surface area contributed by atoms with E-state index in [9.17, 15) is 13.2 Å². The number of ether oxygens (including phenoxy) is 1. The van der Waals surface area contributed by atoms with Crippen LogP contribution in [0.1, 0.15) is 24.1 Å². The van der Waals surface area contributed by atoms with Crippen LogP contribution < -0.4 is 10.1 Å². The molecular formula is C20H24N2O4S. The fourth-order valence-electron chi connectivity index (χ4n) is 2.45. The third-order valence-corrected chi connectivity index (χ3v) is 5.90. The minimum Gasteiger partial charge on any atom is -0.496 e. The quantitative estimate of drug-likeness (QED) is 0.740. The van der Waals surface area contributed by atoms with Crippen molar-refractivity contribution in [2.75, 3.05) is 21.2 Å². The van der Waals surface area contributed by atoms with Gasteiger partial charge in [-0.25, -0.2) is 12.7 Å². The van der Waals surface area contributed by atoms with Crippen molar-refractivity contribution in [2.24, 2.45) is 0 Å². The summed E-state index contributed by atoms with van der Waals surface area (Å²) in [6, 6.07) is 13.6. The number of amides is 1. The molecule has 0 fully saturated rings. The molecule has 0 saturated carbocycles. The van der Waals surface area contributed by atoms with E-state index in [2.05, 4.69) is 5.32 Å². The van der Waals surface area contributed by atoms with Gasteiger partial charge in [0.15, 0.2) is 0 Å². The molecule has 1 atom stereocenters. The molecule has 0 radical (unpaired) electrons. The molecule has 2 aromatic carbocycles. The van der Waals surface area contributed by atoms with Crippen LogP contribution in [0.4, 0.5) is 0 Å². The fourth-order valence-corrected chi connectivity index (χ4v) is 3.36. The summed E-state index contributed by atoms with van der Waals surface area (Å²) in [4.78, 5) is 12.4. The SMILES string of the molecule is COc1ccccc1/C=C/C(=O)NC(C)c1ccc(S(=O)(=O)N(C)C)cc1. The maximum Gasteiger partial charge on any atom is 0.244 e. The van der Waals surface area contributed by atoms with Crippen LogP contribution in [0, 0.1) is 0 Å². The van der Waals surface area contributed by atoms with Gasteiger partial charge in [0, 0.05) is 25.7 Å². The zero-order chi connectivity index (χ0) is 20.0. The van der Waals surface area contributed by atoms with Crippen molar-refractivity contribution >= 4 is 22.0 Å². The fraction of sp³-hybridized carbons (Fsp3) is 0.250. The normalized spacial score (nSPS) is 12.9. The van der Waals surface area contributed by atoms with E-state index in [0.717, 1.165) is 15.4 Å². The number of carbonyl (C=O) groups is 1. The first-order chi connectivity index (χ1) is 12.8. The first-order valence-corrected chi connectivity index (χ1v) is 9.84. The van der Waals surface area contributed by atoms with Crippen LogP contribution in [-0.4, -0.2) is 39.8 Å². The van der Waals surface area contributed by atoms with E-state index in [0.29, 0.717) is 5.75 Å². The highest BCUT2D eigenvalue weighted by molar-refractivity contribution is 7.89. The highest BCUT2D eigenvalue weighted by Gasteiger charge is 2.17. The molecule has 27 heavy (non-hydrogen) atoms. The van der Waals surface area contributed by atoms with Crippen molar-refractivity contribution in [2.45, 2.75) is 17.9 Å². The summed E-state index contributed by atoms with van der Waals surface area (Å²) in [7, 11) is 1.09. The van der Waals surface area contributed by atoms with Gasteiger partial charge in [0.1, 0.15) is 5.75 Å². The van der Waals surface area contributed by atoms with Crippen molar-refractivity contribution in [3.63, 3.8) is 0 Å². The molecule has 0 aromatic heterocycles. The molecule has 7 heteroatoms. The van der Waals surface area contributed by atoms with Gasteiger partial charge in [-0.15, -0.1) is 0 Å². The van der Waals surface area contributed by atoms with Crippen LogP contribution in [0.2, 0.25) is 0 Å². The summed E-state index contributed by atoms with van der Waals surface area (Å²) < 4.78 is 30.6. The number of rotatable bonds is 7. The number of nitrogens with one attached hydrogen (secondary N) is 1. The lowest BCUT2D eigenvalue weighted by Gasteiger charge is -2.15. The average Bonchev–Trinajstić information content (AvgIpc) is 2.66. The molecule has 1 N–H and O–H groups in total. The van der Waals surface area contributed by atoms with Gasteiger partial charge in [0.2, 0.25) is 15.9 Å². The summed E-state index contributed by atoms with van der Waals surface area (Å²) in [5, 5.41) is 2.86. The van der Waals surface area contributed by atoms with Crippen molar-refractivity contribution in [1.29, 1.82) is 0 Å². The largest absolute Gasteiger partial charge is 0.496 e. The molecule has 2 rings (SSSR count). The van der Waals surface area contributed by atoms with Crippen LogP contribution in [0.25, 0.3) is 6.08 Å². The Bertz CT molecular complexity index is 919. The molecule has 0 aliphatic rings. The van der Waals surface area contributed by atoms with Gasteiger partial charge in [-0.05, 0) is 36.8 Å². The lowest BCUT2D eigenvalue weighted by Crippen LogP contribution is -2.25. The number of methoxy groups -OCH3 is 1. The highest BCUT2D eigenvalue weighted by Crippen LogP contribution is 2.20. The molecule has 0 aliphatic carbocycles. The van der Waals surface area contributed by atoms with Crippen molar-refractivity contribution in [3.8, 4) is 5.75 Å². The molecule has 6 nitrogen and oxygen atoms in total. The number of nitrogens with zero attached hydrogens (tertiary/aromatic N) is 1. The Morgan fingerprint density at radius 2 is 1.74 bits per heavy atom. The molecule has 0 spiro atoms. The lowest BCUT2D eigenvalue weighted by molar-refractivity contribution is -0.117. The molecule has 0 saturated heterocycles. The monoisotopic (exact) mass is 388 g/mol. The number of carbonyl (C=O) groups excluding carboxylic acids is 1. The molecule has 1 unspecified atom stereocenters. The maximum atomic E-state index is 12.2. The van der Waals surface area contributed by atoms with Gasteiger partial charge in [0.05, 0.1) is 18.0 Å². The minimum absolute atomic E-state index is 0.214. The van der Waals surface area contributed by atoms with E-state index in [-0.39, 0.29) is 16.8 Å². The van der Waals surface area contributed by atoms with E-state index in [1.54, 1.807) is 25.3 Å². The number of hydrogen-bond acceptors (Lipinski definition) is 4. The van der Waals surface area contributed by atoms with Crippen molar-refractivity contribution in [3.05, 3.63) is 65.7 Å². The van der Waals surface area contributed by atoms with Crippen molar-refractivity contribution < 1.29 is 17.9 Å². The van der Waals surface area contributed by atoms with Gasteiger partial charge < -0.3 is 10.1 Å². The van der Waals surface area contributed by atoms with E-state index in [1.807, 2.05) is 31.2 Å². The Labute approximate surface area is 160 Å². The zero-order valence-electron chi connectivity index (χ0n) is 15.8. The second kappa shape index (κ2) is 8.83. The van der Waals surface area contributed by atoms with Crippen molar-refractivity contribution in [1.82, 2.24) is 9.62 Å². The first kappa shape index (κ1) is 20.7. The summed E-state index contributed by atoms with van der Waals surface area (Å²) in [5.74, 6) is 0.436. The second-order valence-electron chi connectivity index (χ2n) is 6.16. The van der Waals surface area contributed by atoms with Gasteiger partial charge in [-0.2, -0.15) is 0 Å². The van der Waals surface area contributed by atoms with E-state index in [1.165, 1.54) is 32.3 Å².